The first kappa shape index (κ1) is 10.2. The van der Waals surface area contributed by atoms with E-state index in [4.69, 9.17) is 0 Å². The third kappa shape index (κ3) is 1.54. The van der Waals surface area contributed by atoms with Crippen LogP contribution in [-0.2, 0) is 12.5 Å². The van der Waals surface area contributed by atoms with Gasteiger partial charge in [0.15, 0.2) is 0 Å². The lowest BCUT2D eigenvalue weighted by molar-refractivity contribution is 0.595. The summed E-state index contributed by atoms with van der Waals surface area (Å²) >= 11 is 0. The average Bonchev–Trinajstić information content (AvgIpc) is 2.41. The summed E-state index contributed by atoms with van der Waals surface area (Å²) in [4.78, 5) is 4.44. The molecule has 0 radical (unpaired) electrons. The van der Waals surface area contributed by atoms with Crippen molar-refractivity contribution >= 4 is 11.0 Å². The van der Waals surface area contributed by atoms with Gasteiger partial charge in [-0.3, -0.25) is 0 Å². The molecule has 0 aromatic carbocycles. The zero-order valence-electron chi connectivity index (χ0n) is 10.1. The summed E-state index contributed by atoms with van der Waals surface area (Å²) in [6, 6.07) is 2.13. The fraction of sp³-hybridized carbons (Fsp3) is 0.462. The lowest BCUT2D eigenvalue weighted by Crippen LogP contribution is -2.12. The van der Waals surface area contributed by atoms with Crippen LogP contribution in [0.25, 0.3) is 11.0 Å². The smallest absolute Gasteiger partial charge is 0.140 e. The Morgan fingerprint density at radius 3 is 2.53 bits per heavy atom. The number of pyridine rings is 1. The molecule has 0 fully saturated rings. The molecule has 0 amide bonds. The number of rotatable bonds is 0. The van der Waals surface area contributed by atoms with Crippen molar-refractivity contribution < 1.29 is 0 Å². The van der Waals surface area contributed by atoms with Crippen LogP contribution in [0.4, 0.5) is 0 Å². The third-order valence-electron chi connectivity index (χ3n) is 2.85. The predicted octanol–water partition coefficient (Wildman–Crippen LogP) is 3.18. The third-order valence-corrected chi connectivity index (χ3v) is 2.85. The molecule has 0 aliphatic rings. The van der Waals surface area contributed by atoms with Crippen molar-refractivity contribution in [1.29, 1.82) is 0 Å². The fourth-order valence-electron chi connectivity index (χ4n) is 2.15. The van der Waals surface area contributed by atoms with Gasteiger partial charge in [0.2, 0.25) is 0 Å². The first-order chi connectivity index (χ1) is 6.91. The highest BCUT2D eigenvalue weighted by Crippen LogP contribution is 2.31. The van der Waals surface area contributed by atoms with Gasteiger partial charge >= 0.3 is 0 Å². The molecule has 0 spiro atoms. The minimum Gasteiger partial charge on any atom is -0.335 e. The normalized spacial score (nSPS) is 12.3. The Balaban J connectivity index is 2.87. The second kappa shape index (κ2) is 3.09. The molecule has 15 heavy (non-hydrogen) atoms. The average molecular weight is 202 g/mol. The van der Waals surface area contributed by atoms with Crippen molar-refractivity contribution in [3.05, 3.63) is 29.6 Å². The van der Waals surface area contributed by atoms with Crippen LogP contribution in [0.2, 0.25) is 0 Å². The van der Waals surface area contributed by atoms with Gasteiger partial charge in [-0.15, -0.1) is 0 Å². The summed E-state index contributed by atoms with van der Waals surface area (Å²) in [5.41, 5.74) is 3.95. The van der Waals surface area contributed by atoms with E-state index >= 15 is 0 Å². The molecule has 0 aliphatic heterocycles. The highest BCUT2D eigenvalue weighted by molar-refractivity contribution is 5.84. The van der Waals surface area contributed by atoms with Gasteiger partial charge in [0.05, 0.1) is 0 Å². The molecule has 0 atom stereocenters. The second-order valence-corrected chi connectivity index (χ2v) is 5.23. The summed E-state index contributed by atoms with van der Waals surface area (Å²) in [5.74, 6) is 0. The Kier molecular flexibility index (Phi) is 2.10. The van der Waals surface area contributed by atoms with E-state index < -0.39 is 0 Å². The number of fused-ring (bicyclic) bond motifs is 1. The highest BCUT2D eigenvalue weighted by atomic mass is 15.0. The SMILES string of the molecule is Cc1cn(C)c2nccc(C(C)(C)C)c12. The van der Waals surface area contributed by atoms with E-state index in [1.807, 2.05) is 6.20 Å². The molecule has 2 aromatic rings. The van der Waals surface area contributed by atoms with Crippen LogP contribution < -0.4 is 0 Å². The molecule has 80 valence electrons. The Morgan fingerprint density at radius 1 is 1.27 bits per heavy atom. The summed E-state index contributed by atoms with van der Waals surface area (Å²) < 4.78 is 2.10. The van der Waals surface area contributed by atoms with E-state index in [0.29, 0.717) is 0 Å². The Bertz CT molecular complexity index is 501. The van der Waals surface area contributed by atoms with E-state index in [1.165, 1.54) is 16.5 Å². The van der Waals surface area contributed by atoms with E-state index in [-0.39, 0.29) is 5.41 Å². The predicted molar refractivity (Wildman–Crippen MR) is 64.2 cm³/mol. The molecule has 2 heterocycles. The Hall–Kier alpha value is -1.31. The van der Waals surface area contributed by atoms with Crippen molar-refractivity contribution in [3.8, 4) is 0 Å². The van der Waals surface area contributed by atoms with Gasteiger partial charge in [0, 0.05) is 24.8 Å². The first-order valence-electron chi connectivity index (χ1n) is 5.32. The number of nitrogens with zero attached hydrogens (tertiary/aromatic N) is 2. The Labute approximate surface area is 90.9 Å². The molecule has 2 heteroatoms. The molecule has 2 nitrogen and oxygen atoms in total. The molecule has 0 N–H and O–H groups in total. The van der Waals surface area contributed by atoms with Crippen LogP contribution in [0.3, 0.4) is 0 Å². The minimum absolute atomic E-state index is 0.174. The van der Waals surface area contributed by atoms with Crippen molar-refractivity contribution in [2.75, 3.05) is 0 Å². The van der Waals surface area contributed by atoms with Gasteiger partial charge in [-0.05, 0) is 29.5 Å². The van der Waals surface area contributed by atoms with E-state index in [1.54, 1.807) is 0 Å². The molecule has 0 bridgehead atoms. The topological polar surface area (TPSA) is 17.8 Å². The van der Waals surface area contributed by atoms with Gasteiger partial charge in [0.25, 0.3) is 0 Å². The van der Waals surface area contributed by atoms with Crippen LogP contribution in [0.15, 0.2) is 18.5 Å². The van der Waals surface area contributed by atoms with Gasteiger partial charge in [0.1, 0.15) is 5.65 Å². The van der Waals surface area contributed by atoms with Crippen molar-refractivity contribution in [1.82, 2.24) is 9.55 Å². The van der Waals surface area contributed by atoms with Crippen LogP contribution >= 0.6 is 0 Å². The molecule has 0 saturated heterocycles. The van der Waals surface area contributed by atoms with Crippen LogP contribution in [-0.4, -0.2) is 9.55 Å². The summed E-state index contributed by atoms with van der Waals surface area (Å²) in [6.07, 6.45) is 4.05. The fourth-order valence-corrected chi connectivity index (χ4v) is 2.15. The first-order valence-corrected chi connectivity index (χ1v) is 5.32. The lowest BCUT2D eigenvalue weighted by Gasteiger charge is -2.20. The monoisotopic (exact) mass is 202 g/mol. The number of hydrogen-bond acceptors (Lipinski definition) is 1. The molecular weight excluding hydrogens is 184 g/mol. The van der Waals surface area contributed by atoms with E-state index in [9.17, 15) is 0 Å². The number of aryl methyl sites for hydroxylation is 2. The van der Waals surface area contributed by atoms with Gasteiger partial charge < -0.3 is 4.57 Å². The number of aromatic nitrogens is 2. The molecule has 2 rings (SSSR count). The quantitative estimate of drug-likeness (QED) is 0.641. The molecular formula is C13H18N2. The maximum atomic E-state index is 4.44. The van der Waals surface area contributed by atoms with Gasteiger partial charge in [-0.2, -0.15) is 0 Å². The minimum atomic E-state index is 0.174. The van der Waals surface area contributed by atoms with Crippen LogP contribution in [0.5, 0.6) is 0 Å². The largest absolute Gasteiger partial charge is 0.335 e. The van der Waals surface area contributed by atoms with Crippen LogP contribution in [0, 0.1) is 6.92 Å². The van der Waals surface area contributed by atoms with Crippen LogP contribution in [0.1, 0.15) is 31.9 Å². The highest BCUT2D eigenvalue weighted by Gasteiger charge is 2.19. The van der Waals surface area contributed by atoms with Crippen molar-refractivity contribution in [3.63, 3.8) is 0 Å². The number of hydrogen-bond donors (Lipinski definition) is 0. The molecule has 0 saturated carbocycles. The Morgan fingerprint density at radius 2 is 1.93 bits per heavy atom. The summed E-state index contributed by atoms with van der Waals surface area (Å²) in [6.45, 7) is 8.88. The van der Waals surface area contributed by atoms with Gasteiger partial charge in [-0.25, -0.2) is 4.98 Å². The van der Waals surface area contributed by atoms with Crippen molar-refractivity contribution in [2.24, 2.45) is 7.05 Å². The zero-order chi connectivity index (χ0) is 11.2. The van der Waals surface area contributed by atoms with E-state index in [0.717, 1.165) is 5.65 Å². The molecule has 2 aromatic heterocycles. The summed E-state index contributed by atoms with van der Waals surface area (Å²) in [5, 5.41) is 1.31. The maximum Gasteiger partial charge on any atom is 0.140 e. The molecule has 0 aliphatic carbocycles. The van der Waals surface area contributed by atoms with Gasteiger partial charge in [-0.1, -0.05) is 20.8 Å². The standard InChI is InChI=1S/C13H18N2/c1-9-8-15(5)12-11(9)10(6-7-14-12)13(2,3)4/h6-8H,1-5H3. The molecule has 0 unspecified atom stereocenters. The van der Waals surface area contributed by atoms with Crippen molar-refractivity contribution in [2.45, 2.75) is 33.1 Å². The lowest BCUT2D eigenvalue weighted by atomic mass is 9.85. The zero-order valence-corrected chi connectivity index (χ0v) is 10.1. The maximum absolute atomic E-state index is 4.44. The van der Waals surface area contributed by atoms with E-state index in [2.05, 4.69) is 56.6 Å². The summed E-state index contributed by atoms with van der Waals surface area (Å²) in [7, 11) is 2.05. The second-order valence-electron chi connectivity index (χ2n) is 5.23.